The summed E-state index contributed by atoms with van der Waals surface area (Å²) in [4.78, 5) is 54.0. The smallest absolute Gasteiger partial charge is 0.408 e. The molecule has 0 bridgehead atoms. The van der Waals surface area contributed by atoms with Crippen LogP contribution in [0.15, 0.2) is 64.1 Å². The molecule has 0 aromatic heterocycles. The number of aliphatic imine (C=N–C) groups is 1. The molecule has 2 fully saturated rings. The zero-order valence-electron chi connectivity index (χ0n) is 30.1. The molecule has 0 radical (unpaired) electrons. The lowest BCUT2D eigenvalue weighted by Gasteiger charge is -2.39. The van der Waals surface area contributed by atoms with Crippen LogP contribution >= 0.6 is 35.0 Å². The molecule has 13 heteroatoms. The van der Waals surface area contributed by atoms with Crippen LogP contribution in [0.25, 0.3) is 0 Å². The van der Waals surface area contributed by atoms with Gasteiger partial charge in [-0.05, 0) is 101 Å². The first kappa shape index (κ1) is 37.5. The van der Waals surface area contributed by atoms with E-state index in [1.54, 1.807) is 30.6 Å². The van der Waals surface area contributed by atoms with Gasteiger partial charge in [0.05, 0.1) is 18.8 Å². The molecule has 2 saturated heterocycles. The predicted octanol–water partition coefficient (Wildman–Crippen LogP) is 8.19. The van der Waals surface area contributed by atoms with Crippen LogP contribution in [0, 0.1) is 11.8 Å². The van der Waals surface area contributed by atoms with E-state index in [0.717, 1.165) is 16.8 Å². The molecule has 0 unspecified atom stereocenters. The Labute approximate surface area is 313 Å². The fourth-order valence-electron chi connectivity index (χ4n) is 8.37. The lowest BCUT2D eigenvalue weighted by Crippen LogP contribution is -2.55. The molecule has 4 aliphatic heterocycles. The average Bonchev–Trinajstić information content (AvgIpc) is 3.81. The van der Waals surface area contributed by atoms with Crippen molar-refractivity contribution in [2.45, 2.75) is 96.6 Å². The highest BCUT2D eigenvalue weighted by molar-refractivity contribution is 8.18. The van der Waals surface area contributed by atoms with Gasteiger partial charge in [-0.15, -0.1) is 0 Å². The number of rotatable bonds is 7. The molecule has 2 aromatic carbocycles. The van der Waals surface area contributed by atoms with E-state index >= 15 is 0 Å². The summed E-state index contributed by atoms with van der Waals surface area (Å²) in [6.45, 7) is 12.9. The number of fused-ring (bicyclic) bond motifs is 1. The molecule has 6 rings (SSSR count). The van der Waals surface area contributed by atoms with Crippen LogP contribution in [-0.4, -0.2) is 91.2 Å². The van der Waals surface area contributed by atoms with Crippen molar-refractivity contribution in [2.24, 2.45) is 16.8 Å². The first-order chi connectivity index (χ1) is 24.0. The molecular formula is C38H46Cl2FN5O4S. The number of nitrogens with zero attached hydrogens (tertiary/aromatic N) is 5. The second kappa shape index (κ2) is 13.9. The maximum Gasteiger partial charge on any atom is 0.408 e. The van der Waals surface area contributed by atoms with Crippen LogP contribution < -0.4 is 0 Å². The highest BCUT2D eigenvalue weighted by Gasteiger charge is 2.55. The summed E-state index contributed by atoms with van der Waals surface area (Å²) >= 11 is 13.9. The minimum atomic E-state index is -1.15. The van der Waals surface area contributed by atoms with Gasteiger partial charge in [-0.2, -0.15) is 0 Å². The number of carbonyl (C=O) groups excluding carboxylic acids is 2. The summed E-state index contributed by atoms with van der Waals surface area (Å²) in [6, 6.07) is 13.5. The number of hydrogen-bond acceptors (Lipinski definition) is 6. The third kappa shape index (κ3) is 6.63. The Morgan fingerprint density at radius 3 is 2.20 bits per heavy atom. The lowest BCUT2D eigenvalue weighted by molar-refractivity contribution is -0.142. The molecular weight excluding hydrogens is 712 g/mol. The van der Waals surface area contributed by atoms with Gasteiger partial charge in [-0.1, -0.05) is 61.3 Å². The molecule has 4 heterocycles. The second-order valence-corrected chi connectivity index (χ2v) is 17.4. The molecule has 4 aliphatic rings. The minimum absolute atomic E-state index is 0.0670. The summed E-state index contributed by atoms with van der Waals surface area (Å²) in [5, 5.41) is 12.0. The molecule has 51 heavy (non-hydrogen) atoms. The van der Waals surface area contributed by atoms with Gasteiger partial charge >= 0.3 is 6.09 Å². The number of carboxylic acid groups (broad SMARTS) is 1. The minimum Gasteiger partial charge on any atom is -0.465 e. The van der Waals surface area contributed by atoms with Gasteiger partial charge < -0.3 is 19.8 Å². The van der Waals surface area contributed by atoms with Gasteiger partial charge in [0.25, 0.3) is 5.91 Å². The highest BCUT2D eigenvalue weighted by Crippen LogP contribution is 2.56. The van der Waals surface area contributed by atoms with Gasteiger partial charge in [0, 0.05) is 46.3 Å². The Hall–Kier alpha value is -3.28. The van der Waals surface area contributed by atoms with Crippen LogP contribution in [0.4, 0.5) is 9.18 Å². The van der Waals surface area contributed by atoms with Crippen molar-refractivity contribution in [2.75, 3.05) is 19.8 Å². The Morgan fingerprint density at radius 2 is 1.65 bits per heavy atom. The van der Waals surface area contributed by atoms with Crippen LogP contribution in [0.5, 0.6) is 0 Å². The topological polar surface area (TPSA) is 96.8 Å². The first-order valence-electron chi connectivity index (χ1n) is 17.5. The Kier molecular flexibility index (Phi) is 10.2. The standard InChI is InChI=1S/C38H46Cl2FN5O4S/c1-21(2)30-31(51-35-42-38(7,25-11-15-27(40)16-12-25)32(45(30)35)23-9-13-26(39)14-10-23)34(48)44-22(3)8-17-28(44)33(47)43-19-24(18-41)29(20-43)46(36(49)50)37(4,5)6/h9-16,21-22,24,28-29,32H,8,17-20H2,1-7H3,(H,49,50)/t22-,24+,28+,29-,32-,38+/m1/s1. The van der Waals surface area contributed by atoms with Crippen LogP contribution in [-0.2, 0) is 15.1 Å². The molecule has 6 atom stereocenters. The summed E-state index contributed by atoms with van der Waals surface area (Å²) < 4.78 is 14.4. The van der Waals surface area contributed by atoms with Crippen molar-refractivity contribution in [3.8, 4) is 0 Å². The molecule has 9 nitrogen and oxygen atoms in total. The zero-order valence-corrected chi connectivity index (χ0v) is 32.4. The second-order valence-electron chi connectivity index (χ2n) is 15.5. The molecule has 0 spiro atoms. The van der Waals surface area contributed by atoms with Crippen LogP contribution in [0.1, 0.15) is 78.5 Å². The number of thioether (sulfide) groups is 1. The molecule has 274 valence electrons. The molecule has 0 aliphatic carbocycles. The van der Waals surface area contributed by atoms with Crippen LogP contribution in [0.3, 0.4) is 0 Å². The van der Waals surface area contributed by atoms with Gasteiger partial charge in [0.2, 0.25) is 5.91 Å². The van der Waals surface area contributed by atoms with E-state index < -0.39 is 41.8 Å². The van der Waals surface area contributed by atoms with E-state index in [9.17, 15) is 23.9 Å². The van der Waals surface area contributed by atoms with Crippen molar-refractivity contribution in [1.29, 1.82) is 0 Å². The SMILES string of the molecule is CC(C)C1=C(C(=O)N2[C@H](C)CC[C@H]2C(=O)N2C[C@H](CF)[C@H](N(C(=O)O)C(C)(C)C)C2)SC2=N[C@@](C)(c3ccc(Cl)cc3)[C@@H](c3ccc(Cl)cc3)N21. The quantitative estimate of drug-likeness (QED) is 0.306. The Morgan fingerprint density at radius 1 is 1.04 bits per heavy atom. The monoisotopic (exact) mass is 757 g/mol. The van der Waals surface area contributed by atoms with E-state index in [1.165, 1.54) is 16.7 Å². The third-order valence-corrected chi connectivity index (χ3v) is 12.3. The number of alkyl halides is 1. The average molecular weight is 759 g/mol. The molecule has 0 saturated carbocycles. The normalized spacial score (nSPS) is 27.8. The zero-order chi connectivity index (χ0) is 37.2. The summed E-state index contributed by atoms with van der Waals surface area (Å²) in [7, 11) is 0. The van der Waals surface area contributed by atoms with Crippen molar-refractivity contribution in [1.82, 2.24) is 19.6 Å². The molecule has 3 amide bonds. The first-order valence-corrected chi connectivity index (χ1v) is 19.1. The van der Waals surface area contributed by atoms with Crippen molar-refractivity contribution < 1.29 is 23.9 Å². The number of carbonyl (C=O) groups is 3. The molecule has 2 aromatic rings. The van der Waals surface area contributed by atoms with Gasteiger partial charge in [-0.25, -0.2) is 9.79 Å². The van der Waals surface area contributed by atoms with E-state index in [1.807, 2.05) is 55.5 Å². The fourth-order valence-corrected chi connectivity index (χ4v) is 9.97. The van der Waals surface area contributed by atoms with Crippen LogP contribution in [0.2, 0.25) is 10.0 Å². The van der Waals surface area contributed by atoms with Gasteiger partial charge in [0.15, 0.2) is 5.17 Å². The number of amidine groups is 1. The Bertz CT molecular complexity index is 1760. The highest BCUT2D eigenvalue weighted by atomic mass is 35.5. The number of amides is 3. The maximum atomic E-state index is 14.8. The summed E-state index contributed by atoms with van der Waals surface area (Å²) in [5.74, 6) is -1.22. The van der Waals surface area contributed by atoms with Crippen molar-refractivity contribution in [3.05, 3.63) is 80.3 Å². The lowest BCUT2D eigenvalue weighted by atomic mass is 9.81. The van der Waals surface area contributed by atoms with E-state index in [4.69, 9.17) is 28.2 Å². The summed E-state index contributed by atoms with van der Waals surface area (Å²) in [5.41, 5.74) is 1.31. The van der Waals surface area contributed by atoms with E-state index in [0.29, 0.717) is 33.0 Å². The predicted molar refractivity (Wildman–Crippen MR) is 201 cm³/mol. The number of likely N-dealkylation sites (tertiary alicyclic amines) is 2. The molecule has 1 N–H and O–H groups in total. The maximum absolute atomic E-state index is 14.8. The third-order valence-electron chi connectivity index (χ3n) is 10.7. The largest absolute Gasteiger partial charge is 0.465 e. The number of hydrogen-bond donors (Lipinski definition) is 1. The van der Waals surface area contributed by atoms with Crippen molar-refractivity contribution >= 4 is 58.0 Å². The number of allylic oxidation sites excluding steroid dienone is 1. The summed E-state index contributed by atoms with van der Waals surface area (Å²) in [6.07, 6.45) is -0.0429. The fraction of sp³-hybridized carbons (Fsp3) is 0.526. The van der Waals surface area contributed by atoms with Gasteiger partial charge in [-0.3, -0.25) is 18.9 Å². The van der Waals surface area contributed by atoms with E-state index in [2.05, 4.69) is 25.7 Å². The Balaban J connectivity index is 1.34. The van der Waals surface area contributed by atoms with E-state index in [-0.39, 0.29) is 42.9 Å². The van der Waals surface area contributed by atoms with Gasteiger partial charge in [0.1, 0.15) is 16.5 Å². The number of benzene rings is 2. The number of halogens is 3. The van der Waals surface area contributed by atoms with Crippen molar-refractivity contribution in [3.63, 3.8) is 0 Å².